The fraction of sp³-hybridized carbons (Fsp3) is 0.200. The summed E-state index contributed by atoms with van der Waals surface area (Å²) in [5.74, 6) is 0.399. The minimum absolute atomic E-state index is 0.244. The maximum Gasteiger partial charge on any atom is 0.128 e. The van der Waals surface area contributed by atoms with Gasteiger partial charge in [-0.05, 0) is 43.4 Å². The van der Waals surface area contributed by atoms with Gasteiger partial charge in [-0.2, -0.15) is 0 Å². The number of hydrogen-bond acceptors (Lipinski definition) is 2. The van der Waals surface area contributed by atoms with Crippen LogP contribution in [0.25, 0.3) is 0 Å². The summed E-state index contributed by atoms with van der Waals surface area (Å²) in [6.07, 6.45) is 0. The Morgan fingerprint density at radius 2 is 2.10 bits per heavy atom. The third kappa shape index (κ3) is 3.95. The first-order valence-corrected chi connectivity index (χ1v) is 7.28. The Hall–Kier alpha value is -1.10. The molecule has 0 aliphatic carbocycles. The minimum atomic E-state index is -0.262. The van der Waals surface area contributed by atoms with Crippen LogP contribution < -0.4 is 10.1 Å². The van der Waals surface area contributed by atoms with Crippen LogP contribution in [0, 0.1) is 5.82 Å². The Kier molecular flexibility index (Phi) is 5.40. The topological polar surface area (TPSA) is 21.3 Å². The van der Waals surface area contributed by atoms with Crippen LogP contribution in [0.15, 0.2) is 46.9 Å². The van der Waals surface area contributed by atoms with Gasteiger partial charge < -0.3 is 10.1 Å². The lowest BCUT2D eigenvalue weighted by molar-refractivity contribution is 0.270. The first-order valence-electron chi connectivity index (χ1n) is 6.10. The molecule has 1 N–H and O–H groups in total. The van der Waals surface area contributed by atoms with E-state index in [9.17, 15) is 4.39 Å². The van der Waals surface area contributed by atoms with Gasteiger partial charge in [0, 0.05) is 15.1 Å². The van der Waals surface area contributed by atoms with E-state index >= 15 is 0 Å². The number of hydrogen-bond donors (Lipinski definition) is 1. The van der Waals surface area contributed by atoms with Crippen LogP contribution in [0.5, 0.6) is 5.75 Å². The van der Waals surface area contributed by atoms with Crippen molar-refractivity contribution in [3.63, 3.8) is 0 Å². The van der Waals surface area contributed by atoms with Crippen molar-refractivity contribution in [2.75, 3.05) is 13.7 Å². The molecule has 0 aromatic heterocycles. The molecular weight excluding hydrogens is 345 g/mol. The van der Waals surface area contributed by atoms with E-state index in [0.717, 1.165) is 4.47 Å². The molecule has 1 atom stereocenters. The summed E-state index contributed by atoms with van der Waals surface area (Å²) in [4.78, 5) is 0. The van der Waals surface area contributed by atoms with E-state index in [1.54, 1.807) is 31.3 Å². The third-order valence-corrected chi connectivity index (χ3v) is 3.62. The molecule has 1 unspecified atom stereocenters. The van der Waals surface area contributed by atoms with Crippen LogP contribution in [0.4, 0.5) is 4.39 Å². The van der Waals surface area contributed by atoms with Gasteiger partial charge in [-0.3, -0.25) is 0 Å². The van der Waals surface area contributed by atoms with E-state index in [1.165, 1.54) is 6.07 Å². The Morgan fingerprint density at radius 1 is 1.30 bits per heavy atom. The van der Waals surface area contributed by atoms with Crippen LogP contribution in [0.1, 0.15) is 11.6 Å². The van der Waals surface area contributed by atoms with Crippen LogP contribution in [-0.4, -0.2) is 13.7 Å². The SMILES string of the molecule is CNC(COc1cccc(Cl)c1)c1cc(Br)ccc1F. The Labute approximate surface area is 131 Å². The maximum absolute atomic E-state index is 13.9. The van der Waals surface area contributed by atoms with Crippen LogP contribution in [0.3, 0.4) is 0 Å². The van der Waals surface area contributed by atoms with E-state index in [4.69, 9.17) is 16.3 Å². The lowest BCUT2D eigenvalue weighted by atomic mass is 10.1. The zero-order valence-electron chi connectivity index (χ0n) is 10.9. The molecule has 2 rings (SSSR count). The monoisotopic (exact) mass is 357 g/mol. The molecule has 2 nitrogen and oxygen atoms in total. The summed E-state index contributed by atoms with van der Waals surface area (Å²) in [5.41, 5.74) is 0.559. The highest BCUT2D eigenvalue weighted by Gasteiger charge is 2.15. The molecule has 0 bridgehead atoms. The smallest absolute Gasteiger partial charge is 0.128 e. The zero-order chi connectivity index (χ0) is 14.5. The number of benzene rings is 2. The van der Waals surface area contributed by atoms with E-state index in [2.05, 4.69) is 21.2 Å². The molecule has 2 aromatic carbocycles. The second kappa shape index (κ2) is 7.07. The molecule has 0 aliphatic heterocycles. The first-order chi connectivity index (χ1) is 9.60. The van der Waals surface area contributed by atoms with Gasteiger partial charge in [0.25, 0.3) is 0 Å². The second-order valence-corrected chi connectivity index (χ2v) is 5.63. The maximum atomic E-state index is 13.9. The molecular formula is C15H14BrClFNO. The number of rotatable bonds is 5. The van der Waals surface area contributed by atoms with Crippen LogP contribution >= 0.6 is 27.5 Å². The van der Waals surface area contributed by atoms with Gasteiger partial charge in [-0.15, -0.1) is 0 Å². The van der Waals surface area contributed by atoms with Gasteiger partial charge in [0.1, 0.15) is 18.2 Å². The summed E-state index contributed by atoms with van der Waals surface area (Å²) in [6, 6.07) is 11.7. The molecule has 0 saturated carbocycles. The Morgan fingerprint density at radius 3 is 2.80 bits per heavy atom. The predicted octanol–water partition coefficient (Wildman–Crippen LogP) is 4.58. The summed E-state index contributed by atoms with van der Waals surface area (Å²) in [7, 11) is 1.77. The van der Waals surface area contributed by atoms with E-state index < -0.39 is 0 Å². The molecule has 106 valence electrons. The highest BCUT2D eigenvalue weighted by molar-refractivity contribution is 9.10. The average molecular weight is 359 g/mol. The lowest BCUT2D eigenvalue weighted by Gasteiger charge is -2.18. The summed E-state index contributed by atoms with van der Waals surface area (Å²) < 4.78 is 20.3. The summed E-state index contributed by atoms with van der Waals surface area (Å²) in [5, 5.41) is 3.66. The van der Waals surface area contributed by atoms with Crippen LogP contribution in [0.2, 0.25) is 5.02 Å². The van der Waals surface area contributed by atoms with Gasteiger partial charge >= 0.3 is 0 Å². The van der Waals surface area contributed by atoms with Gasteiger partial charge in [0.05, 0.1) is 6.04 Å². The van der Waals surface area contributed by atoms with Crippen molar-refractivity contribution in [2.45, 2.75) is 6.04 Å². The second-order valence-electron chi connectivity index (χ2n) is 4.28. The van der Waals surface area contributed by atoms with E-state index in [-0.39, 0.29) is 11.9 Å². The normalized spacial score (nSPS) is 12.2. The van der Waals surface area contributed by atoms with Crippen molar-refractivity contribution in [1.29, 1.82) is 0 Å². The van der Waals surface area contributed by atoms with Crippen molar-refractivity contribution in [1.82, 2.24) is 5.32 Å². The quantitative estimate of drug-likeness (QED) is 0.844. The predicted molar refractivity (Wildman–Crippen MR) is 82.8 cm³/mol. The standard InChI is InChI=1S/C15H14BrClFNO/c1-19-15(13-7-10(16)5-6-14(13)18)9-20-12-4-2-3-11(17)8-12/h2-8,15,19H,9H2,1H3. The van der Waals surface area contributed by atoms with Gasteiger partial charge in [0.15, 0.2) is 0 Å². The van der Waals surface area contributed by atoms with Gasteiger partial charge in [-0.1, -0.05) is 33.6 Å². The van der Waals surface area contributed by atoms with Gasteiger partial charge in [-0.25, -0.2) is 4.39 Å². The Balaban J connectivity index is 2.11. The third-order valence-electron chi connectivity index (χ3n) is 2.89. The van der Waals surface area contributed by atoms with Crippen molar-refractivity contribution < 1.29 is 9.13 Å². The molecule has 0 heterocycles. The Bertz CT molecular complexity index is 594. The molecule has 0 amide bonds. The van der Waals surface area contributed by atoms with Crippen molar-refractivity contribution in [3.05, 3.63) is 63.3 Å². The highest BCUT2D eigenvalue weighted by atomic mass is 79.9. The molecule has 5 heteroatoms. The summed E-state index contributed by atoms with van der Waals surface area (Å²) in [6.45, 7) is 0.310. The largest absolute Gasteiger partial charge is 0.492 e. The lowest BCUT2D eigenvalue weighted by Crippen LogP contribution is -2.24. The zero-order valence-corrected chi connectivity index (χ0v) is 13.2. The molecule has 0 fully saturated rings. The fourth-order valence-electron chi connectivity index (χ4n) is 1.85. The van der Waals surface area contributed by atoms with Crippen molar-refractivity contribution in [2.24, 2.45) is 0 Å². The van der Waals surface area contributed by atoms with Crippen LogP contribution in [-0.2, 0) is 0 Å². The molecule has 2 aromatic rings. The number of likely N-dealkylation sites (N-methyl/N-ethyl adjacent to an activating group) is 1. The number of halogens is 3. The molecule has 20 heavy (non-hydrogen) atoms. The number of ether oxygens (including phenoxy) is 1. The molecule has 0 saturated heterocycles. The fourth-order valence-corrected chi connectivity index (χ4v) is 2.41. The highest BCUT2D eigenvalue weighted by Crippen LogP contribution is 2.23. The summed E-state index contributed by atoms with van der Waals surface area (Å²) >= 11 is 9.24. The molecule has 0 aliphatic rings. The van der Waals surface area contributed by atoms with E-state index in [0.29, 0.717) is 22.9 Å². The first kappa shape index (κ1) is 15.3. The number of nitrogens with one attached hydrogen (secondary N) is 1. The molecule has 0 radical (unpaired) electrons. The molecule has 0 spiro atoms. The van der Waals surface area contributed by atoms with Crippen molar-refractivity contribution >= 4 is 27.5 Å². The van der Waals surface area contributed by atoms with E-state index in [1.807, 2.05) is 12.1 Å². The van der Waals surface area contributed by atoms with Crippen molar-refractivity contribution in [3.8, 4) is 5.75 Å². The average Bonchev–Trinajstić information content (AvgIpc) is 2.43. The minimum Gasteiger partial charge on any atom is -0.492 e. The van der Waals surface area contributed by atoms with Gasteiger partial charge in [0.2, 0.25) is 0 Å².